The molecule has 0 amide bonds. The van der Waals surface area contributed by atoms with Gasteiger partial charge in [-0.15, -0.1) is 0 Å². The maximum atomic E-state index is 12.5. The number of hydrogen-bond donors (Lipinski definition) is 2. The highest BCUT2D eigenvalue weighted by Gasteiger charge is 2.31. The lowest BCUT2D eigenvalue weighted by atomic mass is 10.2. The Labute approximate surface area is 133 Å². The molecule has 122 valence electrons. The summed E-state index contributed by atoms with van der Waals surface area (Å²) in [5, 5.41) is 11.5. The van der Waals surface area contributed by atoms with Crippen LogP contribution in [0, 0.1) is 0 Å². The number of nitrogens with one attached hydrogen (secondary N) is 1. The van der Waals surface area contributed by atoms with Crippen LogP contribution in [0.3, 0.4) is 0 Å². The van der Waals surface area contributed by atoms with E-state index in [1.807, 2.05) is 0 Å². The SMILES string of the molecule is O=C(O)c1ccnc(NCCc2ncc(C(F)(F)F)cc2Cl)n1. The molecule has 0 aromatic carbocycles. The van der Waals surface area contributed by atoms with E-state index in [4.69, 9.17) is 16.7 Å². The Morgan fingerprint density at radius 3 is 2.70 bits per heavy atom. The van der Waals surface area contributed by atoms with Crippen LogP contribution in [0.4, 0.5) is 19.1 Å². The lowest BCUT2D eigenvalue weighted by Gasteiger charge is -2.09. The van der Waals surface area contributed by atoms with Crippen molar-refractivity contribution in [2.45, 2.75) is 12.6 Å². The summed E-state index contributed by atoms with van der Waals surface area (Å²) >= 11 is 5.78. The molecule has 2 rings (SSSR count). The third-order valence-corrected chi connectivity index (χ3v) is 3.09. The van der Waals surface area contributed by atoms with Crippen LogP contribution in [0.15, 0.2) is 24.5 Å². The largest absolute Gasteiger partial charge is 0.477 e. The van der Waals surface area contributed by atoms with Crippen LogP contribution in [0.5, 0.6) is 0 Å². The van der Waals surface area contributed by atoms with Crippen LogP contribution < -0.4 is 5.32 Å². The molecule has 0 aliphatic heterocycles. The number of hydrogen-bond acceptors (Lipinski definition) is 5. The molecule has 2 aromatic rings. The molecule has 2 aromatic heterocycles. The molecule has 0 fully saturated rings. The first kappa shape index (κ1) is 16.9. The highest BCUT2D eigenvalue weighted by Crippen LogP contribution is 2.31. The second-order valence-electron chi connectivity index (χ2n) is 4.40. The van der Waals surface area contributed by atoms with Crippen molar-refractivity contribution in [2.75, 3.05) is 11.9 Å². The first-order valence-electron chi connectivity index (χ1n) is 6.29. The van der Waals surface area contributed by atoms with Gasteiger partial charge in [0.15, 0.2) is 5.69 Å². The van der Waals surface area contributed by atoms with Gasteiger partial charge in [0.25, 0.3) is 0 Å². The van der Waals surface area contributed by atoms with Gasteiger partial charge in [0.1, 0.15) is 0 Å². The Morgan fingerprint density at radius 1 is 1.35 bits per heavy atom. The lowest BCUT2D eigenvalue weighted by Crippen LogP contribution is -2.12. The maximum Gasteiger partial charge on any atom is 0.417 e. The van der Waals surface area contributed by atoms with Gasteiger partial charge in [-0.3, -0.25) is 4.98 Å². The molecule has 0 radical (unpaired) electrons. The summed E-state index contributed by atoms with van der Waals surface area (Å²) in [5.74, 6) is -1.10. The quantitative estimate of drug-likeness (QED) is 0.865. The van der Waals surface area contributed by atoms with Gasteiger partial charge in [0.2, 0.25) is 5.95 Å². The topological polar surface area (TPSA) is 88.0 Å². The van der Waals surface area contributed by atoms with E-state index < -0.39 is 17.7 Å². The summed E-state index contributed by atoms with van der Waals surface area (Å²) in [6.07, 6.45) is -2.29. The number of aromatic carboxylic acids is 1. The van der Waals surface area contributed by atoms with Gasteiger partial charge in [0, 0.05) is 25.4 Å². The molecule has 0 aliphatic carbocycles. The van der Waals surface area contributed by atoms with E-state index in [0.29, 0.717) is 6.20 Å². The van der Waals surface area contributed by atoms with E-state index in [-0.39, 0.29) is 35.3 Å². The van der Waals surface area contributed by atoms with Gasteiger partial charge in [0.05, 0.1) is 16.3 Å². The number of pyridine rings is 1. The standard InChI is InChI=1S/C13H10ClF3N4O2/c14-8-5-7(13(15,16)17)6-20-9(8)1-3-18-12-19-4-2-10(21-12)11(22)23/h2,4-6H,1,3H2,(H,22,23)(H,18,19,21). The van der Waals surface area contributed by atoms with Gasteiger partial charge in [-0.25, -0.2) is 14.8 Å². The highest BCUT2D eigenvalue weighted by atomic mass is 35.5. The van der Waals surface area contributed by atoms with Crippen LogP contribution in [-0.4, -0.2) is 32.6 Å². The Bertz CT molecular complexity index is 725. The van der Waals surface area contributed by atoms with Crippen LogP contribution in [0.25, 0.3) is 0 Å². The van der Waals surface area contributed by atoms with Crippen LogP contribution in [0.2, 0.25) is 5.02 Å². The van der Waals surface area contributed by atoms with Gasteiger partial charge in [-0.1, -0.05) is 11.6 Å². The molecule has 0 unspecified atom stereocenters. The average Bonchev–Trinajstić information content (AvgIpc) is 2.48. The van der Waals surface area contributed by atoms with Crippen LogP contribution in [-0.2, 0) is 12.6 Å². The van der Waals surface area contributed by atoms with E-state index in [1.54, 1.807) is 0 Å². The fourth-order valence-electron chi connectivity index (χ4n) is 1.66. The minimum atomic E-state index is -4.50. The third-order valence-electron chi connectivity index (χ3n) is 2.76. The molecule has 0 bridgehead atoms. The molecular weight excluding hydrogens is 337 g/mol. The van der Waals surface area contributed by atoms with Crippen LogP contribution >= 0.6 is 11.6 Å². The zero-order chi connectivity index (χ0) is 17.0. The Balaban J connectivity index is 1.99. The Kier molecular flexibility index (Phi) is 4.99. The fourth-order valence-corrected chi connectivity index (χ4v) is 1.92. The van der Waals surface area contributed by atoms with E-state index in [0.717, 1.165) is 6.07 Å². The third kappa shape index (κ3) is 4.52. The molecule has 2 N–H and O–H groups in total. The van der Waals surface area contributed by atoms with Crippen LogP contribution in [0.1, 0.15) is 21.7 Å². The van der Waals surface area contributed by atoms with E-state index in [1.165, 1.54) is 12.3 Å². The van der Waals surface area contributed by atoms with Crippen molar-refractivity contribution < 1.29 is 23.1 Å². The number of carboxylic acid groups (broad SMARTS) is 1. The summed E-state index contributed by atoms with van der Waals surface area (Å²) in [6.45, 7) is 0.223. The zero-order valence-electron chi connectivity index (χ0n) is 11.4. The van der Waals surface area contributed by atoms with Gasteiger partial charge in [-0.2, -0.15) is 13.2 Å². The summed E-state index contributed by atoms with van der Waals surface area (Å²) in [7, 11) is 0. The number of aromatic nitrogens is 3. The van der Waals surface area contributed by atoms with E-state index >= 15 is 0 Å². The number of nitrogens with zero attached hydrogens (tertiary/aromatic N) is 3. The molecule has 0 aliphatic rings. The number of alkyl halides is 3. The predicted molar refractivity (Wildman–Crippen MR) is 75.4 cm³/mol. The van der Waals surface area contributed by atoms with Gasteiger partial charge < -0.3 is 10.4 Å². The fraction of sp³-hybridized carbons (Fsp3) is 0.231. The van der Waals surface area contributed by atoms with Crippen molar-refractivity contribution in [2.24, 2.45) is 0 Å². The van der Waals surface area contributed by atoms with E-state index in [2.05, 4.69) is 20.3 Å². The highest BCUT2D eigenvalue weighted by molar-refractivity contribution is 6.31. The summed E-state index contributed by atoms with van der Waals surface area (Å²) in [4.78, 5) is 22.0. The monoisotopic (exact) mass is 346 g/mol. The van der Waals surface area contributed by atoms with Crippen molar-refractivity contribution in [3.8, 4) is 0 Å². The van der Waals surface area contributed by atoms with E-state index in [9.17, 15) is 18.0 Å². The molecule has 23 heavy (non-hydrogen) atoms. The molecule has 6 nitrogen and oxygen atoms in total. The lowest BCUT2D eigenvalue weighted by molar-refractivity contribution is -0.137. The molecule has 10 heteroatoms. The van der Waals surface area contributed by atoms with Crippen molar-refractivity contribution >= 4 is 23.5 Å². The summed E-state index contributed by atoms with van der Waals surface area (Å²) < 4.78 is 37.5. The second kappa shape index (κ2) is 6.78. The summed E-state index contributed by atoms with van der Waals surface area (Å²) in [6, 6.07) is 2.05. The molecular formula is C13H10ClF3N4O2. The molecule has 0 atom stereocenters. The zero-order valence-corrected chi connectivity index (χ0v) is 12.2. The van der Waals surface area contributed by atoms with Crippen molar-refractivity contribution in [3.05, 3.63) is 46.5 Å². The van der Waals surface area contributed by atoms with Crippen molar-refractivity contribution in [3.63, 3.8) is 0 Å². The van der Waals surface area contributed by atoms with Crippen molar-refractivity contribution in [1.82, 2.24) is 15.0 Å². The normalized spacial score (nSPS) is 11.3. The minimum Gasteiger partial charge on any atom is -0.477 e. The molecule has 2 heterocycles. The molecule has 0 spiro atoms. The maximum absolute atomic E-state index is 12.5. The summed E-state index contributed by atoms with van der Waals surface area (Å²) in [5.41, 5.74) is -0.813. The predicted octanol–water partition coefficient (Wildman–Crippen LogP) is 2.90. The minimum absolute atomic E-state index is 0.0907. The molecule has 0 saturated carbocycles. The smallest absolute Gasteiger partial charge is 0.417 e. The average molecular weight is 347 g/mol. The molecule has 0 saturated heterocycles. The van der Waals surface area contributed by atoms with Gasteiger partial charge in [-0.05, 0) is 12.1 Å². The first-order valence-corrected chi connectivity index (χ1v) is 6.67. The van der Waals surface area contributed by atoms with Crippen molar-refractivity contribution in [1.29, 1.82) is 0 Å². The second-order valence-corrected chi connectivity index (χ2v) is 4.80. The number of anilines is 1. The number of carbonyl (C=O) groups is 1. The Hall–Kier alpha value is -2.42. The number of halogens is 4. The number of rotatable bonds is 5. The Morgan fingerprint density at radius 2 is 2.09 bits per heavy atom. The number of carboxylic acids is 1. The first-order chi connectivity index (χ1) is 10.8. The van der Waals surface area contributed by atoms with Gasteiger partial charge >= 0.3 is 12.1 Å².